The lowest BCUT2D eigenvalue weighted by Gasteiger charge is -2.23. The van der Waals surface area contributed by atoms with Crippen molar-refractivity contribution in [2.45, 2.75) is 0 Å². The van der Waals surface area contributed by atoms with Gasteiger partial charge in [-0.3, -0.25) is 10.1 Å². The van der Waals surface area contributed by atoms with Gasteiger partial charge in [-0.25, -0.2) is 4.98 Å². The molecule has 0 saturated heterocycles. The summed E-state index contributed by atoms with van der Waals surface area (Å²) in [4.78, 5) is 15.2. The van der Waals surface area contributed by atoms with Crippen LogP contribution in [0.5, 0.6) is 0 Å². The van der Waals surface area contributed by atoms with Crippen molar-refractivity contribution < 1.29 is 4.92 Å². The number of hydrogen-bond donors (Lipinski definition) is 0. The second kappa shape index (κ2) is 6.46. The van der Waals surface area contributed by atoms with Gasteiger partial charge in [0.2, 0.25) is 0 Å². The van der Waals surface area contributed by atoms with E-state index in [2.05, 4.69) is 52.1 Å². The Morgan fingerprint density at radius 2 is 1.89 bits per heavy atom. The standard InChI is InChI=1S/C23H17N3O2/c27-26(28)22-6-3-12-24-23(22)19-8-10-21-18(14-19)11-13-25(21)20-9-7-16-4-1-2-5-17(16)15-20/h1-17H. The number of rotatable bonds is 3. The molecule has 0 aliphatic heterocycles. The van der Waals surface area contributed by atoms with Gasteiger partial charge in [-0.1, -0.05) is 42.5 Å². The minimum atomic E-state index is -0.391. The highest BCUT2D eigenvalue weighted by Gasteiger charge is 2.20. The first kappa shape index (κ1) is 16.4. The number of hydrogen-bond acceptors (Lipinski definition) is 3. The first-order chi connectivity index (χ1) is 13.7. The van der Waals surface area contributed by atoms with Gasteiger partial charge in [0, 0.05) is 46.9 Å². The number of benzene rings is 1. The molecule has 2 aromatic heterocycles. The van der Waals surface area contributed by atoms with E-state index < -0.39 is 4.92 Å². The van der Waals surface area contributed by atoms with Crippen LogP contribution in [-0.4, -0.2) is 14.5 Å². The molecule has 136 valence electrons. The van der Waals surface area contributed by atoms with E-state index >= 15 is 0 Å². The van der Waals surface area contributed by atoms with E-state index in [1.165, 1.54) is 6.07 Å². The van der Waals surface area contributed by atoms with E-state index in [9.17, 15) is 10.1 Å². The average molecular weight is 367 g/mol. The fourth-order valence-corrected chi connectivity index (χ4v) is 3.91. The van der Waals surface area contributed by atoms with Crippen LogP contribution in [-0.2, 0) is 0 Å². The predicted molar refractivity (Wildman–Crippen MR) is 110 cm³/mol. The lowest BCUT2D eigenvalue weighted by atomic mass is 9.84. The van der Waals surface area contributed by atoms with E-state index in [0.29, 0.717) is 17.5 Å². The monoisotopic (exact) mass is 367 g/mol. The van der Waals surface area contributed by atoms with Crippen LogP contribution in [0, 0.1) is 22.0 Å². The molecule has 2 aliphatic rings. The maximum Gasteiger partial charge on any atom is 0.295 e. The summed E-state index contributed by atoms with van der Waals surface area (Å²) in [7, 11) is 0. The molecule has 2 aliphatic carbocycles. The quantitative estimate of drug-likeness (QED) is 0.461. The molecule has 2 unspecified atom stereocenters. The zero-order valence-electron chi connectivity index (χ0n) is 15.0. The predicted octanol–water partition coefficient (Wildman–Crippen LogP) is 5.38. The fourth-order valence-electron chi connectivity index (χ4n) is 3.91. The van der Waals surface area contributed by atoms with Crippen molar-refractivity contribution in [2.24, 2.45) is 11.8 Å². The number of pyridine rings is 1. The van der Waals surface area contributed by atoms with E-state index in [-0.39, 0.29) is 5.69 Å². The van der Waals surface area contributed by atoms with Gasteiger partial charge >= 0.3 is 0 Å². The number of nitrogens with zero attached hydrogens (tertiary/aromatic N) is 3. The van der Waals surface area contributed by atoms with Crippen LogP contribution >= 0.6 is 0 Å². The summed E-state index contributed by atoms with van der Waals surface area (Å²) in [5.74, 6) is 0.796. The number of aromatic nitrogens is 2. The van der Waals surface area contributed by atoms with Gasteiger partial charge in [-0.05, 0) is 30.3 Å². The summed E-state index contributed by atoms with van der Waals surface area (Å²) in [5.41, 5.74) is 3.34. The molecule has 0 N–H and O–H groups in total. The average Bonchev–Trinajstić information content (AvgIpc) is 3.16. The van der Waals surface area contributed by atoms with Crippen molar-refractivity contribution >= 4 is 22.3 Å². The number of fused-ring (bicyclic) bond motifs is 2. The Balaban J connectivity index is 1.56. The molecule has 1 aromatic carbocycles. The summed E-state index contributed by atoms with van der Waals surface area (Å²) in [6, 6.07) is 11.0. The molecule has 0 saturated carbocycles. The third kappa shape index (κ3) is 2.68. The Morgan fingerprint density at radius 3 is 2.75 bits per heavy atom. The van der Waals surface area contributed by atoms with Gasteiger partial charge < -0.3 is 4.57 Å². The molecule has 3 aromatic rings. The van der Waals surface area contributed by atoms with Crippen molar-refractivity contribution in [3.8, 4) is 11.3 Å². The van der Waals surface area contributed by atoms with E-state index in [4.69, 9.17) is 0 Å². The van der Waals surface area contributed by atoms with Gasteiger partial charge in [-0.2, -0.15) is 0 Å². The zero-order chi connectivity index (χ0) is 19.1. The van der Waals surface area contributed by atoms with Gasteiger partial charge in [0.1, 0.15) is 5.69 Å². The van der Waals surface area contributed by atoms with E-state index in [0.717, 1.165) is 22.2 Å². The summed E-state index contributed by atoms with van der Waals surface area (Å²) in [5, 5.41) is 12.3. The summed E-state index contributed by atoms with van der Waals surface area (Å²) in [6.45, 7) is 0. The molecule has 0 fully saturated rings. The van der Waals surface area contributed by atoms with Crippen LogP contribution in [0.1, 0.15) is 0 Å². The molecule has 2 heterocycles. The second-order valence-corrected chi connectivity index (χ2v) is 6.96. The highest BCUT2D eigenvalue weighted by Crippen LogP contribution is 2.34. The largest absolute Gasteiger partial charge is 0.317 e. The van der Waals surface area contributed by atoms with Crippen LogP contribution in [0.4, 0.5) is 5.69 Å². The Morgan fingerprint density at radius 1 is 1.04 bits per heavy atom. The van der Waals surface area contributed by atoms with Crippen LogP contribution in [0.15, 0.2) is 91.3 Å². The third-order valence-corrected chi connectivity index (χ3v) is 5.30. The van der Waals surface area contributed by atoms with Gasteiger partial charge in [0.15, 0.2) is 0 Å². The van der Waals surface area contributed by atoms with Gasteiger partial charge in [0.05, 0.1) is 10.4 Å². The molecule has 5 rings (SSSR count). The number of nitro groups is 1. The Kier molecular flexibility index (Phi) is 3.79. The van der Waals surface area contributed by atoms with Crippen molar-refractivity contribution in [1.29, 1.82) is 0 Å². The minimum Gasteiger partial charge on any atom is -0.317 e. The lowest BCUT2D eigenvalue weighted by Crippen LogP contribution is -2.12. The Bertz CT molecular complexity index is 1210. The molecule has 0 radical (unpaired) electrons. The maximum absolute atomic E-state index is 11.3. The number of allylic oxidation sites excluding steroid dienone is 8. The van der Waals surface area contributed by atoms with Crippen LogP contribution in [0.3, 0.4) is 0 Å². The molecule has 28 heavy (non-hydrogen) atoms. The SMILES string of the molecule is O=[N+]([O-])c1cccnc1-c1ccc2c(ccn2C2=CC3C=CC=CC3C=C2)c1. The molecule has 0 spiro atoms. The third-order valence-electron chi connectivity index (χ3n) is 5.30. The van der Waals surface area contributed by atoms with E-state index in [1.54, 1.807) is 12.3 Å². The zero-order valence-corrected chi connectivity index (χ0v) is 15.0. The second-order valence-electron chi connectivity index (χ2n) is 6.96. The molecule has 5 heteroatoms. The minimum absolute atomic E-state index is 0.0161. The highest BCUT2D eigenvalue weighted by molar-refractivity contribution is 5.89. The van der Waals surface area contributed by atoms with Crippen molar-refractivity contribution in [3.63, 3.8) is 0 Å². The van der Waals surface area contributed by atoms with Crippen LogP contribution in [0.25, 0.3) is 27.9 Å². The maximum atomic E-state index is 11.3. The molecular formula is C23H17N3O2. The molecule has 0 amide bonds. The summed E-state index contributed by atoms with van der Waals surface area (Å²) >= 11 is 0. The summed E-state index contributed by atoms with van der Waals surface area (Å²) < 4.78 is 2.16. The lowest BCUT2D eigenvalue weighted by molar-refractivity contribution is -0.384. The fraction of sp³-hybridized carbons (Fsp3) is 0.0870. The van der Waals surface area contributed by atoms with Crippen LogP contribution in [0.2, 0.25) is 0 Å². The van der Waals surface area contributed by atoms with Crippen molar-refractivity contribution in [2.75, 3.05) is 0 Å². The molecule has 2 atom stereocenters. The van der Waals surface area contributed by atoms with Crippen LogP contribution < -0.4 is 0 Å². The van der Waals surface area contributed by atoms with Crippen molar-refractivity contribution in [1.82, 2.24) is 9.55 Å². The molecule has 0 bridgehead atoms. The summed E-state index contributed by atoms with van der Waals surface area (Å²) in [6.07, 6.45) is 18.9. The first-order valence-corrected chi connectivity index (χ1v) is 9.17. The Labute approximate surface area is 161 Å². The molecular weight excluding hydrogens is 350 g/mol. The Hall–Kier alpha value is -3.73. The van der Waals surface area contributed by atoms with E-state index in [1.807, 2.05) is 30.5 Å². The topological polar surface area (TPSA) is 61.0 Å². The highest BCUT2D eigenvalue weighted by atomic mass is 16.6. The molecule has 5 nitrogen and oxygen atoms in total. The van der Waals surface area contributed by atoms with Gasteiger partial charge in [-0.15, -0.1) is 0 Å². The normalized spacial score (nSPS) is 20.2. The smallest absolute Gasteiger partial charge is 0.295 e. The van der Waals surface area contributed by atoms with Crippen molar-refractivity contribution in [3.05, 3.63) is 101 Å². The first-order valence-electron chi connectivity index (χ1n) is 9.17. The van der Waals surface area contributed by atoms with Gasteiger partial charge in [0.25, 0.3) is 5.69 Å².